The molecule has 1 unspecified atom stereocenters. The van der Waals surface area contributed by atoms with Gasteiger partial charge in [-0.15, -0.1) is 0 Å². The van der Waals surface area contributed by atoms with Crippen LogP contribution >= 0.6 is 0 Å². The minimum atomic E-state index is 0.0422. The Morgan fingerprint density at radius 1 is 1.19 bits per heavy atom. The quantitative estimate of drug-likeness (QED) is 0.800. The summed E-state index contributed by atoms with van der Waals surface area (Å²) in [6.07, 6.45) is 11.1. The summed E-state index contributed by atoms with van der Waals surface area (Å²) in [6, 6.07) is 6.32. The molecule has 0 N–H and O–H groups in total. The molecule has 138 valence electrons. The van der Waals surface area contributed by atoms with Gasteiger partial charge in [0.25, 0.3) is 0 Å². The third-order valence-corrected chi connectivity index (χ3v) is 5.51. The van der Waals surface area contributed by atoms with Crippen LogP contribution in [0, 0.1) is 5.92 Å². The van der Waals surface area contributed by atoms with E-state index in [9.17, 15) is 4.79 Å². The lowest BCUT2D eigenvalue weighted by molar-refractivity contribution is -0.138. The maximum atomic E-state index is 13.0. The van der Waals surface area contributed by atoms with E-state index in [0.717, 1.165) is 43.6 Å². The van der Waals surface area contributed by atoms with Gasteiger partial charge in [-0.05, 0) is 37.5 Å². The zero-order chi connectivity index (χ0) is 17.8. The van der Waals surface area contributed by atoms with E-state index in [1.165, 1.54) is 12.8 Å². The predicted molar refractivity (Wildman–Crippen MR) is 98.4 cm³/mol. The molecule has 1 saturated carbocycles. The third kappa shape index (κ3) is 3.80. The zero-order valence-corrected chi connectivity index (χ0v) is 15.1. The molecule has 6 heteroatoms. The smallest absolute Gasteiger partial charge is 0.228 e. The summed E-state index contributed by atoms with van der Waals surface area (Å²) in [5.74, 6) is 0.316. The number of ether oxygens (including phenoxy) is 1. The van der Waals surface area contributed by atoms with Crippen LogP contribution in [0.4, 0.5) is 0 Å². The van der Waals surface area contributed by atoms with Crippen molar-refractivity contribution in [3.8, 4) is 11.3 Å². The van der Waals surface area contributed by atoms with Gasteiger partial charge in [-0.1, -0.05) is 12.8 Å². The van der Waals surface area contributed by atoms with Gasteiger partial charge in [0.05, 0.1) is 24.8 Å². The van der Waals surface area contributed by atoms with Crippen molar-refractivity contribution in [1.82, 2.24) is 19.7 Å². The van der Waals surface area contributed by atoms with Crippen molar-refractivity contribution >= 4 is 5.91 Å². The van der Waals surface area contributed by atoms with Gasteiger partial charge in [-0.3, -0.25) is 14.5 Å². The molecule has 1 atom stereocenters. The van der Waals surface area contributed by atoms with E-state index in [1.54, 1.807) is 12.4 Å². The van der Waals surface area contributed by atoms with Crippen LogP contribution in [-0.4, -0.2) is 51.4 Å². The molecule has 0 radical (unpaired) electrons. The third-order valence-electron chi connectivity index (χ3n) is 5.51. The van der Waals surface area contributed by atoms with Gasteiger partial charge in [-0.2, -0.15) is 5.10 Å². The van der Waals surface area contributed by atoms with Crippen LogP contribution in [0.2, 0.25) is 0 Å². The Labute approximate surface area is 154 Å². The number of pyridine rings is 1. The van der Waals surface area contributed by atoms with Crippen LogP contribution in [0.1, 0.15) is 32.1 Å². The molecular formula is C20H26N4O2. The molecule has 2 aliphatic rings. The Hall–Kier alpha value is -2.21. The lowest BCUT2D eigenvalue weighted by Gasteiger charge is -2.31. The second kappa shape index (κ2) is 7.99. The van der Waals surface area contributed by atoms with Crippen molar-refractivity contribution < 1.29 is 9.53 Å². The average molecular weight is 354 g/mol. The SMILES string of the molecule is O=C(C1CCOC1)N(CCn1ccc(-c2ccncc2)n1)C1CCCC1. The lowest BCUT2D eigenvalue weighted by Crippen LogP contribution is -2.44. The van der Waals surface area contributed by atoms with E-state index in [1.807, 2.05) is 29.1 Å². The lowest BCUT2D eigenvalue weighted by atomic mass is 10.1. The Morgan fingerprint density at radius 3 is 2.73 bits per heavy atom. The summed E-state index contributed by atoms with van der Waals surface area (Å²) in [4.78, 5) is 19.2. The highest BCUT2D eigenvalue weighted by molar-refractivity contribution is 5.79. The molecule has 0 spiro atoms. The van der Waals surface area contributed by atoms with Gasteiger partial charge >= 0.3 is 0 Å². The fourth-order valence-electron chi connectivity index (χ4n) is 4.03. The first-order valence-corrected chi connectivity index (χ1v) is 9.63. The van der Waals surface area contributed by atoms with Crippen LogP contribution in [0.15, 0.2) is 36.8 Å². The van der Waals surface area contributed by atoms with Crippen molar-refractivity contribution in [2.45, 2.75) is 44.7 Å². The minimum Gasteiger partial charge on any atom is -0.381 e. The summed E-state index contributed by atoms with van der Waals surface area (Å²) < 4.78 is 7.38. The summed E-state index contributed by atoms with van der Waals surface area (Å²) in [5.41, 5.74) is 2.00. The molecular weight excluding hydrogens is 328 g/mol. The predicted octanol–water partition coefficient (Wildman–Crippen LogP) is 2.75. The van der Waals surface area contributed by atoms with E-state index in [4.69, 9.17) is 4.74 Å². The summed E-state index contributed by atoms with van der Waals surface area (Å²) in [6.45, 7) is 2.73. The summed E-state index contributed by atoms with van der Waals surface area (Å²) in [5, 5.41) is 4.66. The number of aromatic nitrogens is 3. The second-order valence-electron chi connectivity index (χ2n) is 7.23. The van der Waals surface area contributed by atoms with Gasteiger partial charge in [0.2, 0.25) is 5.91 Å². The highest BCUT2D eigenvalue weighted by Crippen LogP contribution is 2.26. The molecule has 0 bridgehead atoms. The van der Waals surface area contributed by atoms with E-state index in [0.29, 0.717) is 19.3 Å². The fraction of sp³-hybridized carbons (Fsp3) is 0.550. The number of amides is 1. The molecule has 1 aliphatic carbocycles. The Kier molecular flexibility index (Phi) is 5.29. The number of rotatable bonds is 6. The molecule has 2 fully saturated rings. The molecule has 6 nitrogen and oxygen atoms in total. The number of hydrogen-bond donors (Lipinski definition) is 0. The van der Waals surface area contributed by atoms with Crippen LogP contribution < -0.4 is 0 Å². The first kappa shape index (κ1) is 17.2. The second-order valence-corrected chi connectivity index (χ2v) is 7.23. The van der Waals surface area contributed by atoms with Gasteiger partial charge in [0.15, 0.2) is 0 Å². The molecule has 0 aromatic carbocycles. The van der Waals surface area contributed by atoms with E-state index in [2.05, 4.69) is 15.0 Å². The van der Waals surface area contributed by atoms with Gasteiger partial charge in [0, 0.05) is 43.3 Å². The normalized spacial score (nSPS) is 20.5. The highest BCUT2D eigenvalue weighted by atomic mass is 16.5. The molecule has 1 aliphatic heterocycles. The molecule has 26 heavy (non-hydrogen) atoms. The topological polar surface area (TPSA) is 60.2 Å². The largest absolute Gasteiger partial charge is 0.381 e. The number of carbonyl (C=O) groups is 1. The zero-order valence-electron chi connectivity index (χ0n) is 15.1. The van der Waals surface area contributed by atoms with Crippen LogP contribution in [0.5, 0.6) is 0 Å². The maximum absolute atomic E-state index is 13.0. The number of carbonyl (C=O) groups excluding carboxylic acids is 1. The van der Waals surface area contributed by atoms with Crippen molar-refractivity contribution in [2.75, 3.05) is 19.8 Å². The van der Waals surface area contributed by atoms with Gasteiger partial charge < -0.3 is 9.64 Å². The minimum absolute atomic E-state index is 0.0422. The molecule has 2 aromatic rings. The van der Waals surface area contributed by atoms with Crippen molar-refractivity contribution in [3.05, 3.63) is 36.8 Å². The summed E-state index contributed by atoms with van der Waals surface area (Å²) >= 11 is 0. The average Bonchev–Trinajstić information content (AvgIpc) is 3.44. The molecule has 2 aromatic heterocycles. The van der Waals surface area contributed by atoms with Gasteiger partial charge in [0.1, 0.15) is 0 Å². The van der Waals surface area contributed by atoms with Crippen molar-refractivity contribution in [2.24, 2.45) is 5.92 Å². The highest BCUT2D eigenvalue weighted by Gasteiger charge is 2.33. The molecule has 1 amide bonds. The van der Waals surface area contributed by atoms with Crippen molar-refractivity contribution in [1.29, 1.82) is 0 Å². The maximum Gasteiger partial charge on any atom is 0.228 e. The summed E-state index contributed by atoms with van der Waals surface area (Å²) in [7, 11) is 0. The van der Waals surface area contributed by atoms with Gasteiger partial charge in [-0.25, -0.2) is 0 Å². The van der Waals surface area contributed by atoms with Crippen LogP contribution in [0.25, 0.3) is 11.3 Å². The number of nitrogens with zero attached hydrogens (tertiary/aromatic N) is 4. The fourth-order valence-corrected chi connectivity index (χ4v) is 4.03. The van der Waals surface area contributed by atoms with Crippen LogP contribution in [-0.2, 0) is 16.1 Å². The molecule has 1 saturated heterocycles. The first-order chi connectivity index (χ1) is 12.8. The van der Waals surface area contributed by atoms with Crippen LogP contribution in [0.3, 0.4) is 0 Å². The van der Waals surface area contributed by atoms with E-state index < -0.39 is 0 Å². The van der Waals surface area contributed by atoms with E-state index >= 15 is 0 Å². The Morgan fingerprint density at radius 2 is 2.00 bits per heavy atom. The number of hydrogen-bond acceptors (Lipinski definition) is 4. The monoisotopic (exact) mass is 354 g/mol. The molecule has 4 rings (SSSR count). The Bertz CT molecular complexity index is 718. The van der Waals surface area contributed by atoms with Crippen molar-refractivity contribution in [3.63, 3.8) is 0 Å². The Balaban J connectivity index is 1.43. The first-order valence-electron chi connectivity index (χ1n) is 9.63. The van der Waals surface area contributed by atoms with E-state index in [-0.39, 0.29) is 11.8 Å². The molecule has 3 heterocycles. The standard InChI is InChI=1S/C20H26N4O2/c25-20(17-8-14-26-15-17)24(18-3-1-2-4-18)13-12-23-11-7-19(22-23)16-5-9-21-10-6-16/h5-7,9-11,17-18H,1-4,8,12-15H2.